The van der Waals surface area contributed by atoms with Crippen LogP contribution in [0.25, 0.3) is 10.6 Å². The fourth-order valence-corrected chi connectivity index (χ4v) is 2.58. The molecule has 4 nitrogen and oxygen atoms in total. The maximum Gasteiger partial charge on any atom is 0.339 e. The number of carbonyl (C=O) groups is 1. The van der Waals surface area contributed by atoms with Gasteiger partial charge in [-0.15, -0.1) is 11.3 Å². The average Bonchev–Trinajstić information content (AvgIpc) is 2.81. The van der Waals surface area contributed by atoms with E-state index in [0.29, 0.717) is 5.69 Å². The van der Waals surface area contributed by atoms with Gasteiger partial charge in [-0.25, -0.2) is 4.79 Å². The van der Waals surface area contributed by atoms with E-state index in [2.05, 4.69) is 5.10 Å². The van der Waals surface area contributed by atoms with Crippen LogP contribution in [0.1, 0.15) is 36.7 Å². The van der Waals surface area contributed by atoms with Gasteiger partial charge in [0.2, 0.25) is 0 Å². The molecule has 2 aromatic heterocycles. The minimum atomic E-state index is -0.937. The zero-order valence-electron chi connectivity index (χ0n) is 10.9. The third-order valence-corrected chi connectivity index (χ3v) is 3.73. The van der Waals surface area contributed by atoms with Crippen LogP contribution in [0.15, 0.2) is 17.6 Å². The maximum atomic E-state index is 11.3. The summed E-state index contributed by atoms with van der Waals surface area (Å²) in [5.41, 5.74) is 1.65. The summed E-state index contributed by atoms with van der Waals surface area (Å²) < 4.78 is 1.71. The molecule has 96 valence electrons. The van der Waals surface area contributed by atoms with E-state index in [1.165, 1.54) is 11.3 Å². The summed E-state index contributed by atoms with van der Waals surface area (Å²) in [5.74, 6) is -0.937. The molecule has 0 bridgehead atoms. The Kier molecular flexibility index (Phi) is 3.02. The predicted octanol–water partition coefficient (Wildman–Crippen LogP) is 3.37. The zero-order valence-corrected chi connectivity index (χ0v) is 11.7. The molecule has 0 spiro atoms. The van der Waals surface area contributed by atoms with E-state index in [1.807, 2.05) is 39.1 Å². The van der Waals surface area contributed by atoms with Crippen LogP contribution in [0.2, 0.25) is 0 Å². The summed E-state index contributed by atoms with van der Waals surface area (Å²) in [6.07, 6.45) is 1.61. The molecule has 0 unspecified atom stereocenters. The van der Waals surface area contributed by atoms with Gasteiger partial charge in [-0.3, -0.25) is 4.68 Å². The third kappa shape index (κ3) is 2.18. The quantitative estimate of drug-likeness (QED) is 0.904. The van der Waals surface area contributed by atoms with Crippen LogP contribution in [-0.4, -0.2) is 20.9 Å². The lowest BCUT2D eigenvalue weighted by molar-refractivity contribution is 0.0697. The minimum Gasteiger partial charge on any atom is -0.478 e. The Morgan fingerprint density at radius 2 is 2.11 bits per heavy atom. The van der Waals surface area contributed by atoms with Crippen molar-refractivity contribution >= 4 is 17.3 Å². The molecule has 0 aliphatic carbocycles. The van der Waals surface area contributed by atoms with Gasteiger partial charge in [0.05, 0.1) is 10.4 Å². The van der Waals surface area contributed by atoms with Crippen LogP contribution in [0.4, 0.5) is 0 Å². The van der Waals surface area contributed by atoms with Gasteiger partial charge in [0.15, 0.2) is 0 Å². The number of hydrogen-bond acceptors (Lipinski definition) is 3. The number of carboxylic acids is 1. The number of hydrogen-bond donors (Lipinski definition) is 1. The molecule has 0 saturated heterocycles. The molecule has 2 heterocycles. The highest BCUT2D eigenvalue weighted by Crippen LogP contribution is 2.31. The van der Waals surface area contributed by atoms with E-state index in [4.69, 9.17) is 0 Å². The first-order valence-electron chi connectivity index (χ1n) is 5.68. The Balaban J connectivity index is 2.63. The smallest absolute Gasteiger partial charge is 0.339 e. The Morgan fingerprint density at radius 3 is 2.56 bits per heavy atom. The first-order chi connectivity index (χ1) is 8.30. The van der Waals surface area contributed by atoms with Gasteiger partial charge >= 0.3 is 5.97 Å². The summed E-state index contributed by atoms with van der Waals surface area (Å²) in [5, 5.41) is 15.7. The lowest BCUT2D eigenvalue weighted by Gasteiger charge is -2.18. The Labute approximate surface area is 110 Å². The molecular formula is C13H16N2O2S. The number of carboxylic acid groups (broad SMARTS) is 1. The molecule has 0 aromatic carbocycles. The SMILES string of the molecule is Cc1ccsc1-c1nn(C(C)(C)C)cc1C(=O)O. The maximum absolute atomic E-state index is 11.3. The van der Waals surface area contributed by atoms with Gasteiger partial charge in [0.25, 0.3) is 0 Å². The van der Waals surface area contributed by atoms with Crippen molar-refractivity contribution in [1.82, 2.24) is 9.78 Å². The summed E-state index contributed by atoms with van der Waals surface area (Å²) in [7, 11) is 0. The number of aryl methyl sites for hydroxylation is 1. The fraction of sp³-hybridized carbons (Fsp3) is 0.385. The highest BCUT2D eigenvalue weighted by Gasteiger charge is 2.23. The van der Waals surface area contributed by atoms with Crippen LogP contribution in [0.3, 0.4) is 0 Å². The van der Waals surface area contributed by atoms with Crippen molar-refractivity contribution in [2.24, 2.45) is 0 Å². The van der Waals surface area contributed by atoms with Gasteiger partial charge in [-0.1, -0.05) is 0 Å². The van der Waals surface area contributed by atoms with E-state index in [9.17, 15) is 9.90 Å². The standard InChI is InChI=1S/C13H16N2O2S/c1-8-5-6-18-11(8)10-9(12(16)17)7-15(14-10)13(2,3)4/h5-7H,1-4H3,(H,16,17). The van der Waals surface area contributed by atoms with E-state index >= 15 is 0 Å². The Hall–Kier alpha value is -1.62. The van der Waals surface area contributed by atoms with Crippen LogP contribution in [-0.2, 0) is 5.54 Å². The van der Waals surface area contributed by atoms with Gasteiger partial charge in [-0.05, 0) is 44.7 Å². The highest BCUT2D eigenvalue weighted by atomic mass is 32.1. The van der Waals surface area contributed by atoms with Crippen molar-refractivity contribution in [3.05, 3.63) is 28.8 Å². The Bertz CT molecular complexity index is 590. The van der Waals surface area contributed by atoms with Crippen LogP contribution >= 0.6 is 11.3 Å². The minimum absolute atomic E-state index is 0.229. The number of rotatable bonds is 2. The molecule has 0 aliphatic rings. The van der Waals surface area contributed by atoms with Crippen LogP contribution in [0.5, 0.6) is 0 Å². The summed E-state index contributed by atoms with van der Waals surface area (Å²) in [4.78, 5) is 12.2. The largest absolute Gasteiger partial charge is 0.478 e. The van der Waals surface area contributed by atoms with E-state index < -0.39 is 5.97 Å². The second-order valence-corrected chi connectivity index (χ2v) is 6.16. The lowest BCUT2D eigenvalue weighted by Crippen LogP contribution is -2.22. The first-order valence-corrected chi connectivity index (χ1v) is 6.56. The van der Waals surface area contributed by atoms with Gasteiger partial charge in [-0.2, -0.15) is 5.10 Å². The fourth-order valence-electron chi connectivity index (χ4n) is 1.66. The number of aromatic nitrogens is 2. The molecule has 5 heteroatoms. The molecule has 1 N–H and O–H groups in total. The highest BCUT2D eigenvalue weighted by molar-refractivity contribution is 7.13. The number of nitrogens with zero attached hydrogens (tertiary/aromatic N) is 2. The van der Waals surface area contributed by atoms with Gasteiger partial charge in [0.1, 0.15) is 11.3 Å². The number of aromatic carboxylic acids is 1. The molecule has 0 aliphatic heterocycles. The first kappa shape index (κ1) is 12.8. The monoisotopic (exact) mass is 264 g/mol. The van der Waals surface area contributed by atoms with Crippen molar-refractivity contribution in [2.75, 3.05) is 0 Å². The lowest BCUT2D eigenvalue weighted by atomic mass is 10.1. The summed E-state index contributed by atoms with van der Waals surface area (Å²) >= 11 is 1.52. The molecule has 0 saturated carbocycles. The summed E-state index contributed by atoms with van der Waals surface area (Å²) in [6, 6.07) is 1.97. The molecule has 0 fully saturated rings. The second kappa shape index (κ2) is 4.24. The molecule has 0 atom stereocenters. The second-order valence-electron chi connectivity index (χ2n) is 5.24. The van der Waals surface area contributed by atoms with Crippen molar-refractivity contribution < 1.29 is 9.90 Å². The molecule has 0 radical (unpaired) electrons. The number of thiophene rings is 1. The molecular weight excluding hydrogens is 248 g/mol. The summed E-state index contributed by atoms with van der Waals surface area (Å²) in [6.45, 7) is 7.96. The van der Waals surface area contributed by atoms with Crippen molar-refractivity contribution in [1.29, 1.82) is 0 Å². The third-order valence-electron chi connectivity index (χ3n) is 2.71. The molecule has 0 amide bonds. The predicted molar refractivity (Wildman–Crippen MR) is 72.2 cm³/mol. The molecule has 2 aromatic rings. The topological polar surface area (TPSA) is 55.1 Å². The normalized spacial score (nSPS) is 11.8. The van der Waals surface area contributed by atoms with Crippen LogP contribution < -0.4 is 0 Å². The van der Waals surface area contributed by atoms with E-state index in [-0.39, 0.29) is 11.1 Å². The van der Waals surface area contributed by atoms with Crippen LogP contribution in [0, 0.1) is 6.92 Å². The van der Waals surface area contributed by atoms with Gasteiger partial charge < -0.3 is 5.11 Å². The molecule has 2 rings (SSSR count). The average molecular weight is 264 g/mol. The Morgan fingerprint density at radius 1 is 1.44 bits per heavy atom. The van der Waals surface area contributed by atoms with E-state index in [1.54, 1.807) is 10.9 Å². The zero-order chi connectivity index (χ0) is 13.5. The molecule has 18 heavy (non-hydrogen) atoms. The van der Waals surface area contributed by atoms with E-state index in [0.717, 1.165) is 10.4 Å². The van der Waals surface area contributed by atoms with Crippen molar-refractivity contribution in [2.45, 2.75) is 33.2 Å². The van der Waals surface area contributed by atoms with Crippen molar-refractivity contribution in [3.8, 4) is 10.6 Å². The van der Waals surface area contributed by atoms with Crippen molar-refractivity contribution in [3.63, 3.8) is 0 Å². The van der Waals surface area contributed by atoms with Gasteiger partial charge in [0, 0.05) is 6.20 Å².